The van der Waals surface area contributed by atoms with E-state index in [4.69, 9.17) is 0 Å². The van der Waals surface area contributed by atoms with Crippen molar-refractivity contribution in [2.24, 2.45) is 0 Å². The lowest BCUT2D eigenvalue weighted by Gasteiger charge is -2.21. The summed E-state index contributed by atoms with van der Waals surface area (Å²) in [5.74, 6) is -0.451. The SMILES string of the molecule is Cc1cc(C(=O)Nc2cccc(CS(=O)(=O)C3CCCCC3)c2)ccc1[N+](=O)[O-]. The summed E-state index contributed by atoms with van der Waals surface area (Å²) >= 11 is 0. The van der Waals surface area contributed by atoms with Crippen LogP contribution in [0.4, 0.5) is 11.4 Å². The Bertz CT molecular complexity index is 1030. The first-order valence-electron chi connectivity index (χ1n) is 9.63. The molecule has 1 aliphatic carbocycles. The third-order valence-electron chi connectivity index (χ3n) is 5.27. The minimum Gasteiger partial charge on any atom is -0.322 e. The highest BCUT2D eigenvalue weighted by Crippen LogP contribution is 2.27. The van der Waals surface area contributed by atoms with Crippen molar-refractivity contribution in [1.29, 1.82) is 0 Å². The van der Waals surface area contributed by atoms with Gasteiger partial charge in [0.15, 0.2) is 9.84 Å². The van der Waals surface area contributed by atoms with Gasteiger partial charge in [0.25, 0.3) is 11.6 Å². The van der Waals surface area contributed by atoms with Gasteiger partial charge in [0.1, 0.15) is 0 Å². The summed E-state index contributed by atoms with van der Waals surface area (Å²) in [5.41, 5.74) is 1.77. The molecule has 0 bridgehead atoms. The van der Waals surface area contributed by atoms with Crippen molar-refractivity contribution < 1.29 is 18.1 Å². The summed E-state index contributed by atoms with van der Waals surface area (Å²) in [7, 11) is -3.23. The lowest BCUT2D eigenvalue weighted by atomic mass is 10.0. The highest BCUT2D eigenvalue weighted by Gasteiger charge is 2.27. The van der Waals surface area contributed by atoms with Gasteiger partial charge in [-0.25, -0.2) is 8.42 Å². The van der Waals surface area contributed by atoms with Crippen LogP contribution in [0.25, 0.3) is 0 Å². The summed E-state index contributed by atoms with van der Waals surface area (Å²) < 4.78 is 25.4. The zero-order valence-corrected chi connectivity index (χ0v) is 17.1. The Hall–Kier alpha value is -2.74. The number of nitro groups is 1. The fraction of sp³-hybridized carbons (Fsp3) is 0.381. The predicted octanol–water partition coefficient (Wildman–Crippen LogP) is 4.40. The molecule has 8 heteroatoms. The van der Waals surface area contributed by atoms with Crippen LogP contribution in [0.3, 0.4) is 0 Å². The number of carbonyl (C=O) groups is 1. The minimum absolute atomic E-state index is 0.0436. The summed E-state index contributed by atoms with van der Waals surface area (Å²) in [6, 6.07) is 11.0. The molecular weight excluding hydrogens is 392 g/mol. The molecule has 0 aliphatic heterocycles. The molecule has 1 saturated carbocycles. The average Bonchev–Trinajstić information content (AvgIpc) is 2.68. The van der Waals surface area contributed by atoms with Crippen LogP contribution in [0.15, 0.2) is 42.5 Å². The molecule has 0 spiro atoms. The molecule has 0 radical (unpaired) electrons. The maximum Gasteiger partial charge on any atom is 0.272 e. The van der Waals surface area contributed by atoms with E-state index in [-0.39, 0.29) is 16.7 Å². The number of nitro benzene ring substituents is 1. The van der Waals surface area contributed by atoms with E-state index in [9.17, 15) is 23.3 Å². The van der Waals surface area contributed by atoms with Crippen LogP contribution in [-0.4, -0.2) is 24.5 Å². The number of nitrogens with one attached hydrogen (secondary N) is 1. The molecule has 2 aromatic carbocycles. The van der Waals surface area contributed by atoms with Crippen molar-refractivity contribution in [3.05, 3.63) is 69.3 Å². The number of anilines is 1. The van der Waals surface area contributed by atoms with Gasteiger partial charge < -0.3 is 5.32 Å². The zero-order valence-electron chi connectivity index (χ0n) is 16.3. The van der Waals surface area contributed by atoms with Gasteiger partial charge in [0.05, 0.1) is 15.9 Å². The maximum atomic E-state index is 12.7. The van der Waals surface area contributed by atoms with Gasteiger partial charge in [-0.05, 0) is 49.6 Å². The van der Waals surface area contributed by atoms with Gasteiger partial charge in [0.2, 0.25) is 0 Å². The van der Waals surface area contributed by atoms with E-state index in [0.29, 0.717) is 22.4 Å². The van der Waals surface area contributed by atoms with E-state index in [1.54, 1.807) is 31.2 Å². The van der Waals surface area contributed by atoms with Crippen molar-refractivity contribution in [3.8, 4) is 0 Å². The second-order valence-electron chi connectivity index (χ2n) is 7.48. The fourth-order valence-corrected chi connectivity index (χ4v) is 5.65. The van der Waals surface area contributed by atoms with Gasteiger partial charge in [-0.15, -0.1) is 0 Å². The van der Waals surface area contributed by atoms with E-state index < -0.39 is 20.7 Å². The minimum atomic E-state index is -3.23. The molecule has 0 heterocycles. The number of nitrogens with zero attached hydrogens (tertiary/aromatic N) is 1. The number of rotatable bonds is 6. The quantitative estimate of drug-likeness (QED) is 0.555. The number of sulfone groups is 1. The second kappa shape index (κ2) is 8.73. The standard InChI is InChI=1S/C21H24N2O5S/c1-15-12-17(10-11-20(15)23(25)26)21(24)22-18-7-5-6-16(13-18)14-29(27,28)19-8-3-2-4-9-19/h5-7,10-13,19H,2-4,8-9,14H2,1H3,(H,22,24). The zero-order chi connectivity index (χ0) is 21.0. The smallest absolute Gasteiger partial charge is 0.272 e. The number of amides is 1. The maximum absolute atomic E-state index is 12.7. The van der Waals surface area contributed by atoms with Crippen LogP contribution >= 0.6 is 0 Å². The number of hydrogen-bond acceptors (Lipinski definition) is 5. The van der Waals surface area contributed by atoms with Gasteiger partial charge in [0, 0.05) is 22.9 Å². The summed E-state index contributed by atoms with van der Waals surface area (Å²) in [6.45, 7) is 1.58. The van der Waals surface area contributed by atoms with Gasteiger partial charge in [-0.3, -0.25) is 14.9 Å². The van der Waals surface area contributed by atoms with Gasteiger partial charge in [-0.1, -0.05) is 31.4 Å². The van der Waals surface area contributed by atoms with E-state index in [1.165, 1.54) is 18.2 Å². The molecule has 154 valence electrons. The van der Waals surface area contributed by atoms with E-state index >= 15 is 0 Å². The molecular formula is C21H24N2O5S. The van der Waals surface area contributed by atoms with Crippen molar-refractivity contribution >= 4 is 27.1 Å². The van der Waals surface area contributed by atoms with E-state index in [1.807, 2.05) is 0 Å². The lowest BCUT2D eigenvalue weighted by Crippen LogP contribution is -2.25. The van der Waals surface area contributed by atoms with E-state index in [2.05, 4.69) is 5.32 Å². The number of carbonyl (C=O) groups excluding carboxylic acids is 1. The summed E-state index contributed by atoms with van der Waals surface area (Å²) in [5, 5.41) is 13.4. The van der Waals surface area contributed by atoms with Crippen molar-refractivity contribution in [3.63, 3.8) is 0 Å². The van der Waals surface area contributed by atoms with Crippen LogP contribution in [0.1, 0.15) is 53.6 Å². The Morgan fingerprint density at radius 1 is 1.14 bits per heavy atom. The molecule has 2 aromatic rings. The summed E-state index contributed by atoms with van der Waals surface area (Å²) in [6.07, 6.45) is 4.44. The molecule has 0 saturated heterocycles. The van der Waals surface area contributed by atoms with Gasteiger partial charge >= 0.3 is 0 Å². The Labute approximate surface area is 170 Å². The van der Waals surface area contributed by atoms with Crippen molar-refractivity contribution in [2.75, 3.05) is 5.32 Å². The first kappa shape index (κ1) is 21.0. The van der Waals surface area contributed by atoms with Crippen molar-refractivity contribution in [1.82, 2.24) is 0 Å². The molecule has 29 heavy (non-hydrogen) atoms. The highest BCUT2D eigenvalue weighted by molar-refractivity contribution is 7.91. The van der Waals surface area contributed by atoms with Crippen molar-refractivity contribution in [2.45, 2.75) is 50.0 Å². The molecule has 1 fully saturated rings. The molecule has 7 nitrogen and oxygen atoms in total. The largest absolute Gasteiger partial charge is 0.322 e. The third-order valence-corrected chi connectivity index (χ3v) is 7.49. The Balaban J connectivity index is 1.72. The van der Waals surface area contributed by atoms with Crippen LogP contribution in [-0.2, 0) is 15.6 Å². The summed E-state index contributed by atoms with van der Waals surface area (Å²) in [4.78, 5) is 22.9. The highest BCUT2D eigenvalue weighted by atomic mass is 32.2. The number of aryl methyl sites for hydroxylation is 1. The van der Waals surface area contributed by atoms with Crippen LogP contribution in [0.2, 0.25) is 0 Å². The average molecular weight is 416 g/mol. The first-order valence-corrected chi connectivity index (χ1v) is 11.3. The second-order valence-corrected chi connectivity index (χ2v) is 9.76. The topological polar surface area (TPSA) is 106 Å². The first-order chi connectivity index (χ1) is 13.8. The van der Waals surface area contributed by atoms with Crippen LogP contribution < -0.4 is 5.32 Å². The van der Waals surface area contributed by atoms with Crippen LogP contribution in [0.5, 0.6) is 0 Å². The molecule has 1 N–H and O–H groups in total. The molecule has 0 atom stereocenters. The normalized spacial score (nSPS) is 15.1. The Morgan fingerprint density at radius 3 is 2.52 bits per heavy atom. The molecule has 0 unspecified atom stereocenters. The Morgan fingerprint density at radius 2 is 1.86 bits per heavy atom. The van der Waals surface area contributed by atoms with E-state index in [0.717, 1.165) is 32.1 Å². The molecule has 3 rings (SSSR count). The van der Waals surface area contributed by atoms with Gasteiger partial charge in [-0.2, -0.15) is 0 Å². The fourth-order valence-electron chi connectivity index (χ4n) is 3.72. The van der Waals surface area contributed by atoms with Crippen LogP contribution in [0, 0.1) is 17.0 Å². The number of hydrogen-bond donors (Lipinski definition) is 1. The Kier molecular flexibility index (Phi) is 6.32. The molecule has 1 aliphatic rings. The predicted molar refractivity (Wildman–Crippen MR) is 112 cm³/mol. The molecule has 1 amide bonds. The lowest BCUT2D eigenvalue weighted by molar-refractivity contribution is -0.385. The monoisotopic (exact) mass is 416 g/mol. The third kappa shape index (κ3) is 5.20. The molecule has 0 aromatic heterocycles. The number of benzene rings is 2.